The number of benzene rings is 2. The molecule has 32 heavy (non-hydrogen) atoms. The molecule has 5 heteroatoms. The third-order valence-corrected chi connectivity index (χ3v) is 7.33. The molecule has 0 radical (unpaired) electrons. The smallest absolute Gasteiger partial charge is 0.201 e. The highest BCUT2D eigenvalue weighted by molar-refractivity contribution is 5.67. The van der Waals surface area contributed by atoms with Crippen LogP contribution in [0.4, 0.5) is 17.6 Å². The Morgan fingerprint density at radius 3 is 2.22 bits per heavy atom. The number of allylic oxidation sites excluding steroid dienone is 2. The Morgan fingerprint density at radius 1 is 0.812 bits per heavy atom. The average molecular weight is 447 g/mol. The van der Waals surface area contributed by atoms with E-state index < -0.39 is 23.3 Å². The molecule has 0 aromatic heterocycles. The second kappa shape index (κ2) is 9.68. The van der Waals surface area contributed by atoms with Gasteiger partial charge in [0.2, 0.25) is 5.82 Å². The number of halogens is 4. The molecule has 0 spiro atoms. The first-order valence-corrected chi connectivity index (χ1v) is 11.6. The monoisotopic (exact) mass is 446 g/mol. The van der Waals surface area contributed by atoms with E-state index in [0.29, 0.717) is 34.9 Å². The predicted octanol–water partition coefficient (Wildman–Crippen LogP) is 8.11. The molecule has 1 nitrogen and oxygen atoms in total. The lowest BCUT2D eigenvalue weighted by molar-refractivity contribution is 0.219. The average Bonchev–Trinajstić information content (AvgIpc) is 2.81. The summed E-state index contributed by atoms with van der Waals surface area (Å²) in [6.07, 6.45) is 8.22. The Kier molecular flexibility index (Phi) is 6.92. The predicted molar refractivity (Wildman–Crippen MR) is 119 cm³/mol. The van der Waals surface area contributed by atoms with Crippen molar-refractivity contribution in [2.24, 2.45) is 11.8 Å². The Labute approximate surface area is 187 Å². The minimum absolute atomic E-state index is 0.0512. The van der Waals surface area contributed by atoms with Crippen LogP contribution in [-0.4, -0.2) is 6.61 Å². The molecule has 1 saturated carbocycles. The van der Waals surface area contributed by atoms with Crippen molar-refractivity contribution in [1.29, 1.82) is 0 Å². The van der Waals surface area contributed by atoms with E-state index in [1.165, 1.54) is 6.07 Å². The van der Waals surface area contributed by atoms with Gasteiger partial charge in [-0.1, -0.05) is 18.2 Å². The van der Waals surface area contributed by atoms with Crippen LogP contribution in [0.3, 0.4) is 0 Å². The van der Waals surface area contributed by atoms with E-state index in [1.54, 1.807) is 32.0 Å². The molecule has 1 fully saturated rings. The van der Waals surface area contributed by atoms with Gasteiger partial charge in [-0.15, -0.1) is 0 Å². The quantitative estimate of drug-likeness (QED) is 0.422. The van der Waals surface area contributed by atoms with Gasteiger partial charge >= 0.3 is 0 Å². The fourth-order valence-electron chi connectivity index (χ4n) is 5.45. The van der Waals surface area contributed by atoms with Crippen molar-refractivity contribution in [3.63, 3.8) is 0 Å². The molecule has 0 aliphatic heterocycles. The lowest BCUT2D eigenvalue weighted by Crippen LogP contribution is -2.23. The highest BCUT2D eigenvalue weighted by Gasteiger charge is 2.31. The van der Waals surface area contributed by atoms with E-state index in [9.17, 15) is 17.6 Å². The van der Waals surface area contributed by atoms with Crippen LogP contribution in [0.15, 0.2) is 30.3 Å². The number of aryl methyl sites for hydroxylation is 1. The number of rotatable bonds is 5. The second-order valence-corrected chi connectivity index (χ2v) is 9.15. The molecule has 1 atom stereocenters. The molecular weight excluding hydrogens is 416 g/mol. The SMILES string of the molecule is CCOc1ccc(C2=CCC(C3CCC(c4ccc(C)c(F)c4F)CC3)CC2)c(F)c1F. The van der Waals surface area contributed by atoms with E-state index in [1.807, 2.05) is 6.08 Å². The van der Waals surface area contributed by atoms with Crippen LogP contribution < -0.4 is 4.74 Å². The lowest BCUT2D eigenvalue weighted by Gasteiger charge is -2.36. The second-order valence-electron chi connectivity index (χ2n) is 9.15. The van der Waals surface area contributed by atoms with Gasteiger partial charge in [0.15, 0.2) is 23.2 Å². The van der Waals surface area contributed by atoms with Gasteiger partial charge in [0.05, 0.1) is 6.61 Å². The Hall–Kier alpha value is -2.30. The fraction of sp³-hybridized carbons (Fsp3) is 0.481. The molecule has 1 unspecified atom stereocenters. The summed E-state index contributed by atoms with van der Waals surface area (Å²) in [7, 11) is 0. The van der Waals surface area contributed by atoms with Crippen molar-refractivity contribution in [1.82, 2.24) is 0 Å². The first-order chi connectivity index (χ1) is 15.4. The first kappa shape index (κ1) is 22.9. The van der Waals surface area contributed by atoms with Crippen molar-refractivity contribution in [3.05, 3.63) is 70.3 Å². The molecule has 4 rings (SSSR count). The zero-order valence-electron chi connectivity index (χ0n) is 18.7. The summed E-state index contributed by atoms with van der Waals surface area (Å²) in [5.41, 5.74) is 2.02. The zero-order chi connectivity index (χ0) is 22.8. The molecule has 0 heterocycles. The summed E-state index contributed by atoms with van der Waals surface area (Å²) in [4.78, 5) is 0. The van der Waals surface area contributed by atoms with Gasteiger partial charge < -0.3 is 4.74 Å². The van der Waals surface area contributed by atoms with Crippen LogP contribution in [0.2, 0.25) is 0 Å². The van der Waals surface area contributed by atoms with Crippen LogP contribution in [0.5, 0.6) is 5.75 Å². The van der Waals surface area contributed by atoms with Gasteiger partial charge in [0.25, 0.3) is 0 Å². The van der Waals surface area contributed by atoms with Gasteiger partial charge in [0, 0.05) is 5.56 Å². The topological polar surface area (TPSA) is 9.23 Å². The van der Waals surface area contributed by atoms with Crippen molar-refractivity contribution < 1.29 is 22.3 Å². The number of hydrogen-bond donors (Lipinski definition) is 0. The molecule has 0 amide bonds. The van der Waals surface area contributed by atoms with Crippen LogP contribution in [0, 0.1) is 42.0 Å². The van der Waals surface area contributed by atoms with Crippen LogP contribution in [-0.2, 0) is 0 Å². The first-order valence-electron chi connectivity index (χ1n) is 11.6. The van der Waals surface area contributed by atoms with Crippen LogP contribution >= 0.6 is 0 Å². The van der Waals surface area contributed by atoms with E-state index in [-0.39, 0.29) is 18.3 Å². The standard InChI is InChI=1S/C27H30F4O/c1-3-32-23-15-14-22(26(30)27(23)31)20-11-7-18(8-12-20)17-5-9-19(10-6-17)21-13-4-16(2)24(28)25(21)29/h4,11,13-15,17-19H,3,5-10,12H2,1-2H3. The molecule has 2 aliphatic rings. The zero-order valence-corrected chi connectivity index (χ0v) is 18.7. The van der Waals surface area contributed by atoms with Crippen molar-refractivity contribution in [2.45, 2.75) is 64.7 Å². The van der Waals surface area contributed by atoms with E-state index >= 15 is 0 Å². The summed E-state index contributed by atoms with van der Waals surface area (Å²) in [6, 6.07) is 6.50. The maximum Gasteiger partial charge on any atom is 0.201 e. The molecule has 2 aromatic rings. The Bertz CT molecular complexity index is 1010. The Morgan fingerprint density at radius 2 is 1.56 bits per heavy atom. The number of hydrogen-bond acceptors (Lipinski definition) is 1. The van der Waals surface area contributed by atoms with Crippen molar-refractivity contribution >= 4 is 5.57 Å². The maximum atomic E-state index is 14.6. The van der Waals surface area contributed by atoms with Gasteiger partial charge in [-0.3, -0.25) is 0 Å². The van der Waals surface area contributed by atoms with Gasteiger partial charge in [0.1, 0.15) is 0 Å². The molecule has 172 valence electrons. The van der Waals surface area contributed by atoms with E-state index in [0.717, 1.165) is 44.1 Å². The third-order valence-electron chi connectivity index (χ3n) is 7.33. The van der Waals surface area contributed by atoms with Gasteiger partial charge in [-0.2, -0.15) is 4.39 Å². The molecule has 2 aliphatic carbocycles. The molecule has 2 aromatic carbocycles. The molecule has 0 saturated heterocycles. The summed E-state index contributed by atoms with van der Waals surface area (Å²) in [5.74, 6) is -2.14. The summed E-state index contributed by atoms with van der Waals surface area (Å²) in [5, 5.41) is 0. The minimum atomic E-state index is -0.925. The molecule has 0 bridgehead atoms. The largest absolute Gasteiger partial charge is 0.491 e. The van der Waals surface area contributed by atoms with Crippen molar-refractivity contribution in [2.75, 3.05) is 6.61 Å². The highest BCUT2D eigenvalue weighted by Crippen LogP contribution is 2.45. The van der Waals surface area contributed by atoms with Gasteiger partial charge in [-0.05, 0) is 105 Å². The summed E-state index contributed by atoms with van der Waals surface area (Å²) < 4.78 is 62.3. The molecule has 0 N–H and O–H groups in total. The maximum absolute atomic E-state index is 14.6. The van der Waals surface area contributed by atoms with Crippen LogP contribution in [0.25, 0.3) is 5.57 Å². The van der Waals surface area contributed by atoms with Crippen molar-refractivity contribution in [3.8, 4) is 5.75 Å². The molecular formula is C27H30F4O. The third kappa shape index (κ3) is 4.44. The Balaban J connectivity index is 1.38. The fourth-order valence-corrected chi connectivity index (χ4v) is 5.45. The van der Waals surface area contributed by atoms with Gasteiger partial charge in [-0.25, -0.2) is 13.2 Å². The van der Waals surface area contributed by atoms with E-state index in [2.05, 4.69) is 0 Å². The summed E-state index contributed by atoms with van der Waals surface area (Å²) >= 11 is 0. The normalized spacial score (nSPS) is 23.7. The number of ether oxygens (including phenoxy) is 1. The minimum Gasteiger partial charge on any atom is -0.491 e. The summed E-state index contributed by atoms with van der Waals surface area (Å²) in [6.45, 7) is 3.60. The highest BCUT2D eigenvalue weighted by atomic mass is 19.2. The lowest BCUT2D eigenvalue weighted by atomic mass is 9.70. The van der Waals surface area contributed by atoms with Crippen LogP contribution in [0.1, 0.15) is 74.5 Å². The van der Waals surface area contributed by atoms with E-state index in [4.69, 9.17) is 4.74 Å².